The lowest BCUT2D eigenvalue weighted by Crippen LogP contribution is -2.23. The number of aromatic amines is 1. The minimum atomic E-state index is -0.880. The minimum Gasteiger partial charge on any atom is -0.454 e. The molecule has 2 heterocycles. The number of hydrogen-bond acceptors (Lipinski definition) is 8. The maximum atomic E-state index is 12.4. The largest absolute Gasteiger partial charge is 0.454 e. The van der Waals surface area contributed by atoms with Crippen molar-refractivity contribution in [1.82, 2.24) is 10.2 Å². The number of hydrogen-bond donors (Lipinski definition) is 2. The van der Waals surface area contributed by atoms with Gasteiger partial charge < -0.3 is 19.5 Å². The molecule has 2 N–H and O–H groups in total. The third kappa shape index (κ3) is 3.58. The fraction of sp³-hybridized carbons (Fsp3) is 0.150. The maximum absolute atomic E-state index is 12.4. The van der Waals surface area contributed by atoms with E-state index in [1.54, 1.807) is 24.3 Å². The summed E-state index contributed by atoms with van der Waals surface area (Å²) in [5.41, 5.74) is -0.127. The Hall–Kier alpha value is -4.21. The van der Waals surface area contributed by atoms with Crippen LogP contribution in [0.4, 0.5) is 5.69 Å². The Morgan fingerprint density at radius 2 is 1.83 bits per heavy atom. The molecule has 30 heavy (non-hydrogen) atoms. The molecule has 0 radical (unpaired) electrons. The van der Waals surface area contributed by atoms with Crippen LogP contribution in [0.25, 0.3) is 10.8 Å². The van der Waals surface area contributed by atoms with Crippen LogP contribution >= 0.6 is 0 Å². The topological polar surface area (TPSA) is 137 Å². The number of aromatic nitrogens is 2. The van der Waals surface area contributed by atoms with Crippen molar-refractivity contribution in [3.63, 3.8) is 0 Å². The Labute approximate surface area is 168 Å². The zero-order valence-electron chi connectivity index (χ0n) is 15.7. The van der Waals surface area contributed by atoms with Crippen LogP contribution in [0.1, 0.15) is 27.8 Å². The highest BCUT2D eigenvalue weighted by Gasteiger charge is 2.21. The van der Waals surface area contributed by atoms with E-state index in [9.17, 15) is 19.2 Å². The third-order valence-corrected chi connectivity index (χ3v) is 4.39. The predicted octanol–water partition coefficient (Wildman–Crippen LogP) is 1.65. The van der Waals surface area contributed by atoms with Crippen molar-refractivity contribution in [2.24, 2.45) is 0 Å². The van der Waals surface area contributed by atoms with E-state index in [-0.39, 0.29) is 34.9 Å². The Balaban J connectivity index is 1.49. The van der Waals surface area contributed by atoms with E-state index in [4.69, 9.17) is 14.2 Å². The number of ketones is 1. The first-order valence-electron chi connectivity index (χ1n) is 8.83. The molecule has 0 spiro atoms. The molecule has 0 unspecified atom stereocenters. The number of fused-ring (bicyclic) bond motifs is 2. The van der Waals surface area contributed by atoms with Gasteiger partial charge in [-0.3, -0.25) is 14.4 Å². The summed E-state index contributed by atoms with van der Waals surface area (Å²) in [6.07, 6.45) is 0. The smallest absolute Gasteiger partial charge is 0.359 e. The van der Waals surface area contributed by atoms with Crippen LogP contribution < -0.4 is 20.3 Å². The highest BCUT2D eigenvalue weighted by atomic mass is 16.7. The normalized spacial score (nSPS) is 11.9. The van der Waals surface area contributed by atoms with Gasteiger partial charge in [-0.25, -0.2) is 9.89 Å². The van der Waals surface area contributed by atoms with Crippen molar-refractivity contribution >= 4 is 34.1 Å². The molecule has 0 saturated heterocycles. The predicted molar refractivity (Wildman–Crippen MR) is 104 cm³/mol. The number of nitrogens with one attached hydrogen (secondary N) is 2. The fourth-order valence-corrected chi connectivity index (χ4v) is 2.99. The van der Waals surface area contributed by atoms with E-state index in [0.29, 0.717) is 16.9 Å². The molecule has 3 aromatic rings. The van der Waals surface area contributed by atoms with E-state index >= 15 is 0 Å². The van der Waals surface area contributed by atoms with Gasteiger partial charge in [0.25, 0.3) is 11.5 Å². The standard InChI is InChI=1S/C20H15N3O7/c1-10(24)13-6-15-16(30-9-29-15)7-14(13)21-17(25)8-28-20(27)18-11-4-2-3-5-12(11)19(26)23-22-18/h2-7H,8-9H2,1H3,(H,21,25)(H,23,26). The molecule has 152 valence electrons. The zero-order valence-corrected chi connectivity index (χ0v) is 15.7. The first kappa shape index (κ1) is 19.1. The number of ether oxygens (including phenoxy) is 3. The molecule has 0 fully saturated rings. The van der Waals surface area contributed by atoms with Gasteiger partial charge in [-0.05, 0) is 19.1 Å². The van der Waals surface area contributed by atoms with E-state index in [2.05, 4.69) is 15.5 Å². The molecule has 0 bridgehead atoms. The Kier molecular flexibility index (Phi) is 4.88. The Morgan fingerprint density at radius 1 is 1.13 bits per heavy atom. The molecule has 10 heteroatoms. The second kappa shape index (κ2) is 7.66. The zero-order chi connectivity index (χ0) is 21.3. The van der Waals surface area contributed by atoms with Crippen LogP contribution in [0.2, 0.25) is 0 Å². The number of carbonyl (C=O) groups excluding carboxylic acids is 3. The van der Waals surface area contributed by atoms with E-state index in [1.807, 2.05) is 0 Å². The lowest BCUT2D eigenvalue weighted by Gasteiger charge is -2.11. The molecule has 0 aliphatic carbocycles. The van der Waals surface area contributed by atoms with Gasteiger partial charge in [-0.2, -0.15) is 5.10 Å². The summed E-state index contributed by atoms with van der Waals surface area (Å²) in [5, 5.41) is 9.06. The van der Waals surface area contributed by atoms with E-state index in [1.165, 1.54) is 19.1 Å². The average Bonchev–Trinajstić information content (AvgIpc) is 3.19. The number of carbonyl (C=O) groups is 3. The Bertz CT molecular complexity index is 1250. The first-order valence-corrected chi connectivity index (χ1v) is 8.83. The summed E-state index contributed by atoms with van der Waals surface area (Å²) in [6, 6.07) is 9.34. The summed E-state index contributed by atoms with van der Waals surface area (Å²) in [7, 11) is 0. The van der Waals surface area contributed by atoms with Crippen molar-refractivity contribution in [2.45, 2.75) is 6.92 Å². The quantitative estimate of drug-likeness (QED) is 0.479. The number of anilines is 1. The third-order valence-electron chi connectivity index (χ3n) is 4.39. The number of nitrogens with zero attached hydrogens (tertiary/aromatic N) is 1. The molecule has 2 aromatic carbocycles. The van der Waals surface area contributed by atoms with Crippen molar-refractivity contribution < 1.29 is 28.6 Å². The van der Waals surface area contributed by atoms with Crippen molar-refractivity contribution in [1.29, 1.82) is 0 Å². The number of H-pyrrole nitrogens is 1. The minimum absolute atomic E-state index is 0.0157. The van der Waals surface area contributed by atoms with E-state index < -0.39 is 24.0 Å². The number of esters is 1. The SMILES string of the molecule is CC(=O)c1cc2c(cc1NC(=O)COC(=O)c1n[nH]c(=O)c3ccccc13)OCO2. The number of Topliss-reactive ketones (excluding diaryl/α,β-unsaturated/α-hetero) is 1. The molecule has 0 atom stereocenters. The summed E-state index contributed by atoms with van der Waals surface area (Å²) in [6.45, 7) is 0.738. The first-order chi connectivity index (χ1) is 14.4. The van der Waals surface area contributed by atoms with E-state index in [0.717, 1.165) is 0 Å². The van der Waals surface area contributed by atoms with Gasteiger partial charge in [-0.1, -0.05) is 18.2 Å². The molecule has 1 aliphatic heterocycles. The lowest BCUT2D eigenvalue weighted by molar-refractivity contribution is -0.119. The van der Waals surface area contributed by atoms with Gasteiger partial charge >= 0.3 is 5.97 Å². The van der Waals surface area contributed by atoms with Crippen LogP contribution in [0.5, 0.6) is 11.5 Å². The maximum Gasteiger partial charge on any atom is 0.359 e. The lowest BCUT2D eigenvalue weighted by atomic mass is 10.1. The molecular formula is C20H15N3O7. The van der Waals surface area contributed by atoms with Crippen LogP contribution in [0.3, 0.4) is 0 Å². The summed E-state index contributed by atoms with van der Waals surface area (Å²) >= 11 is 0. The van der Waals surface area contributed by atoms with Gasteiger partial charge in [0.05, 0.1) is 11.1 Å². The number of benzene rings is 2. The van der Waals surface area contributed by atoms with Crippen molar-refractivity contribution in [2.75, 3.05) is 18.7 Å². The van der Waals surface area contributed by atoms with Crippen LogP contribution in [0, 0.1) is 0 Å². The fourth-order valence-electron chi connectivity index (χ4n) is 2.99. The molecule has 4 rings (SSSR count). The average molecular weight is 409 g/mol. The van der Waals surface area contributed by atoms with Crippen LogP contribution in [-0.2, 0) is 9.53 Å². The Morgan fingerprint density at radius 3 is 2.57 bits per heavy atom. The van der Waals surface area contributed by atoms with Gasteiger partial charge in [0.1, 0.15) is 0 Å². The van der Waals surface area contributed by atoms with Gasteiger partial charge in [0.2, 0.25) is 6.79 Å². The summed E-state index contributed by atoms with van der Waals surface area (Å²) in [5.74, 6) is -1.05. The molecule has 0 saturated carbocycles. The number of amides is 1. The highest BCUT2D eigenvalue weighted by Crippen LogP contribution is 2.37. The van der Waals surface area contributed by atoms with Crippen LogP contribution in [-0.4, -0.2) is 41.3 Å². The second-order valence-electron chi connectivity index (χ2n) is 6.38. The second-order valence-corrected chi connectivity index (χ2v) is 6.38. The van der Waals surface area contributed by atoms with Crippen LogP contribution in [0.15, 0.2) is 41.2 Å². The molecular weight excluding hydrogens is 394 g/mol. The van der Waals surface area contributed by atoms with Gasteiger partial charge in [0, 0.05) is 17.0 Å². The van der Waals surface area contributed by atoms with Crippen molar-refractivity contribution in [3.8, 4) is 11.5 Å². The summed E-state index contributed by atoms with van der Waals surface area (Å²) in [4.78, 5) is 48.4. The van der Waals surface area contributed by atoms with Gasteiger partial charge in [-0.15, -0.1) is 0 Å². The number of rotatable bonds is 5. The molecule has 10 nitrogen and oxygen atoms in total. The van der Waals surface area contributed by atoms with Gasteiger partial charge in [0.15, 0.2) is 29.6 Å². The molecule has 1 aliphatic rings. The molecule has 1 amide bonds. The summed E-state index contributed by atoms with van der Waals surface area (Å²) < 4.78 is 15.5. The molecule has 1 aromatic heterocycles. The highest BCUT2D eigenvalue weighted by molar-refractivity contribution is 6.06. The van der Waals surface area contributed by atoms with Crippen molar-refractivity contribution in [3.05, 3.63) is 58.0 Å². The monoisotopic (exact) mass is 409 g/mol.